The lowest BCUT2D eigenvalue weighted by Gasteiger charge is -2.22. The van der Waals surface area contributed by atoms with E-state index in [1.165, 1.54) is 0 Å². The van der Waals surface area contributed by atoms with Crippen LogP contribution >= 0.6 is 15.9 Å². The molecule has 0 aliphatic rings. The average molecular weight is 311 g/mol. The zero-order valence-corrected chi connectivity index (χ0v) is 11.2. The lowest BCUT2D eigenvalue weighted by atomic mass is 10.1. The normalized spacial score (nSPS) is 11.6. The fourth-order valence-corrected chi connectivity index (χ4v) is 2.05. The quantitative estimate of drug-likeness (QED) is 0.862. The van der Waals surface area contributed by atoms with Crippen molar-refractivity contribution in [3.63, 3.8) is 0 Å². The van der Waals surface area contributed by atoms with Gasteiger partial charge in [-0.05, 0) is 40.5 Å². The van der Waals surface area contributed by atoms with E-state index >= 15 is 0 Å². The van der Waals surface area contributed by atoms with Gasteiger partial charge in [0, 0.05) is 23.8 Å². The van der Waals surface area contributed by atoms with Gasteiger partial charge in [-0.15, -0.1) is 0 Å². The third-order valence-electron chi connectivity index (χ3n) is 2.48. The highest BCUT2D eigenvalue weighted by molar-refractivity contribution is 9.10. The Hall–Kier alpha value is -0.910. The fourth-order valence-electron chi connectivity index (χ4n) is 1.39. The van der Waals surface area contributed by atoms with E-state index < -0.39 is 12.6 Å². The maximum atomic E-state index is 12.1. The van der Waals surface area contributed by atoms with Crippen LogP contribution in [0, 0.1) is 6.92 Å². The van der Waals surface area contributed by atoms with Gasteiger partial charge in [-0.1, -0.05) is 0 Å². The number of hydrogen-bond acceptors (Lipinski definition) is 2. The largest absolute Gasteiger partial charge is 0.398 e. The first-order valence-corrected chi connectivity index (χ1v) is 5.83. The minimum Gasteiger partial charge on any atom is -0.398 e. The van der Waals surface area contributed by atoms with E-state index in [2.05, 4.69) is 15.9 Å². The van der Waals surface area contributed by atoms with Gasteiger partial charge in [-0.25, -0.2) is 0 Å². The molecular weight excluding hydrogens is 297 g/mol. The number of nitrogens with two attached hydrogens (primary N) is 1. The zero-order valence-electron chi connectivity index (χ0n) is 9.61. The van der Waals surface area contributed by atoms with E-state index in [9.17, 15) is 13.2 Å². The molecule has 0 spiro atoms. The van der Waals surface area contributed by atoms with Gasteiger partial charge in [-0.2, -0.15) is 13.2 Å². The van der Waals surface area contributed by atoms with Crippen molar-refractivity contribution in [1.29, 1.82) is 0 Å². The molecule has 2 nitrogen and oxygen atoms in total. The van der Waals surface area contributed by atoms with Crippen molar-refractivity contribution in [2.24, 2.45) is 0 Å². The Labute approximate surface area is 107 Å². The molecule has 0 heterocycles. The van der Waals surface area contributed by atoms with Crippen LogP contribution in [0.25, 0.3) is 0 Å². The minimum absolute atomic E-state index is 0.0779. The van der Waals surface area contributed by atoms with Crippen molar-refractivity contribution in [1.82, 2.24) is 0 Å². The second-order valence-electron chi connectivity index (χ2n) is 3.95. The van der Waals surface area contributed by atoms with Crippen LogP contribution in [0.3, 0.4) is 0 Å². The van der Waals surface area contributed by atoms with Gasteiger partial charge in [-0.3, -0.25) is 0 Å². The highest BCUT2D eigenvalue weighted by atomic mass is 79.9. The number of alkyl halides is 3. The molecule has 1 aromatic carbocycles. The molecule has 0 amide bonds. The smallest absolute Gasteiger partial charge is 0.390 e. The summed E-state index contributed by atoms with van der Waals surface area (Å²) in [5, 5.41) is 0. The Morgan fingerprint density at radius 3 is 2.47 bits per heavy atom. The van der Waals surface area contributed by atoms with Crippen LogP contribution in [-0.2, 0) is 0 Å². The maximum absolute atomic E-state index is 12.1. The van der Waals surface area contributed by atoms with Crippen LogP contribution in [0.4, 0.5) is 24.5 Å². The van der Waals surface area contributed by atoms with Gasteiger partial charge in [0.05, 0.1) is 12.1 Å². The summed E-state index contributed by atoms with van der Waals surface area (Å²) in [7, 11) is 1.63. The lowest BCUT2D eigenvalue weighted by molar-refractivity contribution is -0.132. The summed E-state index contributed by atoms with van der Waals surface area (Å²) >= 11 is 3.30. The Morgan fingerprint density at radius 2 is 1.94 bits per heavy atom. The monoisotopic (exact) mass is 310 g/mol. The van der Waals surface area contributed by atoms with Gasteiger partial charge < -0.3 is 10.6 Å². The van der Waals surface area contributed by atoms with E-state index in [0.717, 1.165) is 5.56 Å². The molecule has 0 bridgehead atoms. The Bertz CT molecular complexity index is 404. The molecule has 0 aliphatic heterocycles. The van der Waals surface area contributed by atoms with Crippen molar-refractivity contribution in [2.45, 2.75) is 19.5 Å². The number of halogens is 4. The summed E-state index contributed by atoms with van der Waals surface area (Å²) in [6.07, 6.45) is -4.97. The van der Waals surface area contributed by atoms with Crippen LogP contribution in [0.1, 0.15) is 12.0 Å². The van der Waals surface area contributed by atoms with E-state index in [1.807, 2.05) is 6.92 Å². The highest BCUT2D eigenvalue weighted by Crippen LogP contribution is 2.31. The van der Waals surface area contributed by atoms with Gasteiger partial charge in [0.25, 0.3) is 0 Å². The first kappa shape index (κ1) is 14.2. The predicted octanol–water partition coefficient (Wildman–Crippen LogP) is 3.73. The number of benzene rings is 1. The fraction of sp³-hybridized carbons (Fsp3) is 0.455. The lowest BCUT2D eigenvalue weighted by Crippen LogP contribution is -2.24. The molecular formula is C11H14BrF3N2. The summed E-state index contributed by atoms with van der Waals surface area (Å²) in [6.45, 7) is 1.74. The van der Waals surface area contributed by atoms with E-state index in [4.69, 9.17) is 5.73 Å². The summed E-state index contributed by atoms with van der Waals surface area (Å²) in [4.78, 5) is 1.56. The van der Waals surface area contributed by atoms with Gasteiger partial charge >= 0.3 is 6.18 Å². The molecule has 96 valence electrons. The van der Waals surface area contributed by atoms with Crippen LogP contribution in [-0.4, -0.2) is 19.8 Å². The van der Waals surface area contributed by atoms with E-state index in [0.29, 0.717) is 15.8 Å². The molecule has 0 aliphatic carbocycles. The van der Waals surface area contributed by atoms with Crippen molar-refractivity contribution in [2.75, 3.05) is 24.2 Å². The number of aryl methyl sites for hydroxylation is 1. The standard InChI is InChI=1S/C11H14BrF3N2/c1-7-5-10(8(12)6-9(7)16)17(2)4-3-11(13,14)15/h5-6H,3-4,16H2,1-2H3. The van der Waals surface area contributed by atoms with E-state index in [1.54, 1.807) is 24.1 Å². The number of nitrogen functional groups attached to an aromatic ring is 1. The maximum Gasteiger partial charge on any atom is 0.390 e. The van der Waals surface area contributed by atoms with Crippen molar-refractivity contribution in [3.05, 3.63) is 22.2 Å². The summed E-state index contributed by atoms with van der Waals surface area (Å²) in [5.41, 5.74) is 7.88. The van der Waals surface area contributed by atoms with Crippen LogP contribution in [0.2, 0.25) is 0 Å². The number of rotatable bonds is 3. The average Bonchev–Trinajstić information content (AvgIpc) is 2.19. The molecule has 0 saturated carbocycles. The SMILES string of the molecule is Cc1cc(N(C)CCC(F)(F)F)c(Br)cc1N. The predicted molar refractivity (Wildman–Crippen MR) is 67.2 cm³/mol. The second-order valence-corrected chi connectivity index (χ2v) is 4.80. The van der Waals surface area contributed by atoms with Crippen molar-refractivity contribution >= 4 is 27.3 Å². The summed E-state index contributed by atoms with van der Waals surface area (Å²) in [5.74, 6) is 0. The molecule has 6 heteroatoms. The Kier molecular flexibility index (Phi) is 4.30. The van der Waals surface area contributed by atoms with Gasteiger partial charge in [0.1, 0.15) is 0 Å². The molecule has 2 N–H and O–H groups in total. The Morgan fingerprint density at radius 1 is 1.35 bits per heavy atom. The molecule has 0 radical (unpaired) electrons. The second kappa shape index (κ2) is 5.16. The number of hydrogen-bond donors (Lipinski definition) is 1. The third-order valence-corrected chi connectivity index (χ3v) is 3.11. The zero-order chi connectivity index (χ0) is 13.2. The molecule has 0 saturated heterocycles. The molecule has 0 atom stereocenters. The third kappa shape index (κ3) is 4.11. The van der Waals surface area contributed by atoms with Crippen LogP contribution < -0.4 is 10.6 Å². The van der Waals surface area contributed by atoms with Crippen molar-refractivity contribution < 1.29 is 13.2 Å². The van der Waals surface area contributed by atoms with Gasteiger partial charge in [0.2, 0.25) is 0 Å². The molecule has 0 unspecified atom stereocenters. The molecule has 1 aromatic rings. The van der Waals surface area contributed by atoms with Crippen LogP contribution in [0.15, 0.2) is 16.6 Å². The summed E-state index contributed by atoms with van der Waals surface area (Å²) in [6, 6.07) is 3.48. The van der Waals surface area contributed by atoms with Gasteiger partial charge in [0.15, 0.2) is 0 Å². The van der Waals surface area contributed by atoms with Crippen molar-refractivity contribution in [3.8, 4) is 0 Å². The highest BCUT2D eigenvalue weighted by Gasteiger charge is 2.27. The minimum atomic E-state index is -4.14. The topological polar surface area (TPSA) is 29.3 Å². The number of nitrogens with zero attached hydrogens (tertiary/aromatic N) is 1. The Balaban J connectivity index is 2.82. The number of anilines is 2. The molecule has 0 aromatic heterocycles. The molecule has 1 rings (SSSR count). The first-order valence-electron chi connectivity index (χ1n) is 5.04. The van der Waals surface area contributed by atoms with Crippen LogP contribution in [0.5, 0.6) is 0 Å². The first-order chi connectivity index (χ1) is 7.70. The molecule has 17 heavy (non-hydrogen) atoms. The van der Waals surface area contributed by atoms with E-state index in [-0.39, 0.29) is 6.54 Å². The summed E-state index contributed by atoms with van der Waals surface area (Å²) < 4.78 is 37.1. The molecule has 0 fully saturated rings.